The number of hydrogen-bond acceptors (Lipinski definition) is 2. The molecule has 3 aromatic rings. The molecule has 0 radical (unpaired) electrons. The zero-order valence-electron chi connectivity index (χ0n) is 9.25. The molecule has 0 fully saturated rings. The minimum atomic E-state index is 1.00. The molecule has 2 heterocycles. The second kappa shape index (κ2) is 3.20. The third kappa shape index (κ3) is 1.23. The molecule has 0 N–H and O–H groups in total. The van der Waals surface area contributed by atoms with E-state index in [-0.39, 0.29) is 0 Å². The molecule has 16 heavy (non-hydrogen) atoms. The van der Waals surface area contributed by atoms with Crippen LogP contribution in [0.3, 0.4) is 0 Å². The van der Waals surface area contributed by atoms with Crippen LogP contribution in [0.15, 0.2) is 36.7 Å². The van der Waals surface area contributed by atoms with Crippen molar-refractivity contribution < 1.29 is 0 Å². The summed E-state index contributed by atoms with van der Waals surface area (Å²) < 4.78 is 3.92. The van der Waals surface area contributed by atoms with Gasteiger partial charge in [-0.2, -0.15) is 5.10 Å². The van der Waals surface area contributed by atoms with Gasteiger partial charge in [0.2, 0.25) is 0 Å². The minimum Gasteiger partial charge on any atom is -0.283 e. The third-order valence-electron chi connectivity index (χ3n) is 2.68. The van der Waals surface area contributed by atoms with E-state index in [1.165, 1.54) is 0 Å². The maximum Gasteiger partial charge on any atom is 0.136 e. The molecule has 0 bridgehead atoms. The summed E-state index contributed by atoms with van der Waals surface area (Å²) in [5, 5.41) is 4.34. The highest BCUT2D eigenvalue weighted by Gasteiger charge is 2.07. The van der Waals surface area contributed by atoms with Crippen molar-refractivity contribution in [3.63, 3.8) is 0 Å². The first-order chi connectivity index (χ1) is 7.75. The molecule has 0 aliphatic carbocycles. The Morgan fingerprint density at radius 2 is 2.00 bits per heavy atom. The number of aryl methyl sites for hydroxylation is 2. The SMILES string of the molecule is Cc1cc(-n2cnc3ccccc32)n(C)n1. The van der Waals surface area contributed by atoms with E-state index in [0.717, 1.165) is 22.5 Å². The van der Waals surface area contributed by atoms with Gasteiger partial charge in [0, 0.05) is 13.1 Å². The number of nitrogens with zero attached hydrogens (tertiary/aromatic N) is 4. The number of imidazole rings is 1. The highest BCUT2D eigenvalue weighted by Crippen LogP contribution is 2.17. The zero-order chi connectivity index (χ0) is 11.1. The van der Waals surface area contributed by atoms with E-state index in [1.807, 2.05) is 49.2 Å². The Kier molecular flexibility index (Phi) is 1.83. The van der Waals surface area contributed by atoms with Gasteiger partial charge in [0.15, 0.2) is 0 Å². The number of fused-ring (bicyclic) bond motifs is 1. The van der Waals surface area contributed by atoms with Crippen molar-refractivity contribution in [2.24, 2.45) is 7.05 Å². The molecule has 0 spiro atoms. The maximum atomic E-state index is 4.37. The summed E-state index contributed by atoms with van der Waals surface area (Å²) in [6.45, 7) is 1.99. The molecule has 80 valence electrons. The molecule has 0 amide bonds. The van der Waals surface area contributed by atoms with Crippen LogP contribution in [0.4, 0.5) is 0 Å². The average Bonchev–Trinajstić information content (AvgIpc) is 2.81. The summed E-state index contributed by atoms with van der Waals surface area (Å²) in [4.78, 5) is 4.37. The Bertz CT molecular complexity index is 648. The van der Waals surface area contributed by atoms with Gasteiger partial charge in [-0.1, -0.05) is 12.1 Å². The third-order valence-corrected chi connectivity index (χ3v) is 2.68. The number of benzene rings is 1. The molecule has 0 aliphatic rings. The van der Waals surface area contributed by atoms with Crippen LogP contribution in [-0.4, -0.2) is 19.3 Å². The number of aromatic nitrogens is 4. The summed E-state index contributed by atoms with van der Waals surface area (Å²) in [5.74, 6) is 1.03. The Balaban J connectivity index is 2.30. The Hall–Kier alpha value is -2.10. The fraction of sp³-hybridized carbons (Fsp3) is 0.167. The second-order valence-corrected chi connectivity index (χ2v) is 3.87. The van der Waals surface area contributed by atoms with Crippen LogP contribution < -0.4 is 0 Å². The summed E-state index contributed by atoms with van der Waals surface area (Å²) in [6.07, 6.45) is 1.83. The van der Waals surface area contributed by atoms with Gasteiger partial charge in [-0.15, -0.1) is 0 Å². The molecule has 0 aliphatic heterocycles. The first-order valence-electron chi connectivity index (χ1n) is 5.19. The molecule has 0 saturated carbocycles. The number of rotatable bonds is 1. The molecule has 1 aromatic carbocycles. The van der Waals surface area contributed by atoms with Gasteiger partial charge in [-0.25, -0.2) is 4.98 Å². The van der Waals surface area contributed by atoms with Gasteiger partial charge in [0.25, 0.3) is 0 Å². The number of para-hydroxylation sites is 2. The lowest BCUT2D eigenvalue weighted by Crippen LogP contribution is -2.01. The van der Waals surface area contributed by atoms with Crippen molar-refractivity contribution in [2.45, 2.75) is 6.92 Å². The van der Waals surface area contributed by atoms with Crippen LogP contribution >= 0.6 is 0 Å². The maximum absolute atomic E-state index is 4.37. The molecule has 0 saturated heterocycles. The normalized spacial score (nSPS) is 11.1. The zero-order valence-corrected chi connectivity index (χ0v) is 9.25. The van der Waals surface area contributed by atoms with Gasteiger partial charge in [0.1, 0.15) is 12.1 Å². The lowest BCUT2D eigenvalue weighted by molar-refractivity contribution is 0.727. The van der Waals surface area contributed by atoms with Crippen LogP contribution in [-0.2, 0) is 7.05 Å². The summed E-state index contributed by atoms with van der Waals surface area (Å²) in [5.41, 5.74) is 3.11. The number of hydrogen-bond donors (Lipinski definition) is 0. The minimum absolute atomic E-state index is 1.00. The predicted molar refractivity (Wildman–Crippen MR) is 62.6 cm³/mol. The lowest BCUT2D eigenvalue weighted by Gasteiger charge is -2.03. The van der Waals surface area contributed by atoms with Gasteiger partial charge >= 0.3 is 0 Å². The van der Waals surface area contributed by atoms with Crippen LogP contribution in [0.1, 0.15) is 5.69 Å². The van der Waals surface area contributed by atoms with Crippen LogP contribution in [0.2, 0.25) is 0 Å². The van der Waals surface area contributed by atoms with Gasteiger partial charge < -0.3 is 0 Å². The van der Waals surface area contributed by atoms with Crippen LogP contribution in [0.5, 0.6) is 0 Å². The van der Waals surface area contributed by atoms with Crippen molar-refractivity contribution >= 4 is 11.0 Å². The van der Waals surface area contributed by atoms with Gasteiger partial charge in [-0.05, 0) is 19.1 Å². The van der Waals surface area contributed by atoms with E-state index in [0.29, 0.717) is 0 Å². The van der Waals surface area contributed by atoms with Crippen LogP contribution in [0.25, 0.3) is 16.9 Å². The molecular weight excluding hydrogens is 200 g/mol. The Labute approximate surface area is 93.1 Å². The first kappa shape index (κ1) is 9.15. The largest absolute Gasteiger partial charge is 0.283 e. The van der Waals surface area contributed by atoms with E-state index in [1.54, 1.807) is 0 Å². The fourth-order valence-corrected chi connectivity index (χ4v) is 1.96. The van der Waals surface area contributed by atoms with E-state index >= 15 is 0 Å². The quantitative estimate of drug-likeness (QED) is 0.619. The molecule has 2 aromatic heterocycles. The van der Waals surface area contributed by atoms with Crippen molar-refractivity contribution in [1.82, 2.24) is 19.3 Å². The van der Waals surface area contributed by atoms with Crippen molar-refractivity contribution in [2.75, 3.05) is 0 Å². The first-order valence-corrected chi connectivity index (χ1v) is 5.19. The highest BCUT2D eigenvalue weighted by atomic mass is 15.3. The smallest absolute Gasteiger partial charge is 0.136 e. The van der Waals surface area contributed by atoms with E-state index in [4.69, 9.17) is 0 Å². The predicted octanol–water partition coefficient (Wildman–Crippen LogP) is 2.07. The molecule has 0 unspecified atom stereocenters. The van der Waals surface area contributed by atoms with Crippen molar-refractivity contribution in [1.29, 1.82) is 0 Å². The molecular formula is C12H12N4. The van der Waals surface area contributed by atoms with Gasteiger partial charge in [-0.3, -0.25) is 9.25 Å². The summed E-state index contributed by atoms with van der Waals surface area (Å²) >= 11 is 0. The topological polar surface area (TPSA) is 35.6 Å². The molecule has 4 heteroatoms. The van der Waals surface area contributed by atoms with E-state index in [2.05, 4.69) is 20.7 Å². The summed E-state index contributed by atoms with van der Waals surface area (Å²) in [6, 6.07) is 10.1. The second-order valence-electron chi connectivity index (χ2n) is 3.87. The van der Waals surface area contributed by atoms with Gasteiger partial charge in [0.05, 0.1) is 16.7 Å². The molecule has 4 nitrogen and oxygen atoms in total. The Morgan fingerprint density at radius 1 is 1.19 bits per heavy atom. The summed E-state index contributed by atoms with van der Waals surface area (Å²) in [7, 11) is 1.94. The van der Waals surface area contributed by atoms with Crippen molar-refractivity contribution in [3.8, 4) is 5.82 Å². The lowest BCUT2D eigenvalue weighted by atomic mass is 10.3. The van der Waals surface area contributed by atoms with E-state index < -0.39 is 0 Å². The van der Waals surface area contributed by atoms with Crippen molar-refractivity contribution in [3.05, 3.63) is 42.4 Å². The van der Waals surface area contributed by atoms with E-state index in [9.17, 15) is 0 Å². The standard InChI is InChI=1S/C12H12N4/c1-9-7-12(15(2)14-9)16-8-13-10-5-3-4-6-11(10)16/h3-8H,1-2H3. The monoisotopic (exact) mass is 212 g/mol. The molecule has 3 rings (SSSR count). The molecule has 0 atom stereocenters. The highest BCUT2D eigenvalue weighted by molar-refractivity contribution is 5.76. The average molecular weight is 212 g/mol. The Morgan fingerprint density at radius 3 is 2.75 bits per heavy atom. The fourth-order valence-electron chi connectivity index (χ4n) is 1.96. The van der Waals surface area contributed by atoms with Crippen LogP contribution in [0, 0.1) is 6.92 Å².